The fraction of sp³-hybridized carbons (Fsp3) is 0.429. The van der Waals surface area contributed by atoms with Crippen LogP contribution in [0.5, 0.6) is 0 Å². The first-order valence-electron chi connectivity index (χ1n) is 9.01. The van der Waals surface area contributed by atoms with Crippen LogP contribution in [0.3, 0.4) is 0 Å². The highest BCUT2D eigenvalue weighted by Gasteiger charge is 2.46. The standard InChI is InChI=1S/C21H26O6/c1-24-21-20(26-14-16-10-6-3-7-11-16)19(18(23)17(12-22)27-21)25-13-15-8-4-2-5-9-15/h2-11,17-23H,12-14H2,1H3/t17-,18+,19+,20+,21-/m0/s1. The zero-order valence-corrected chi connectivity index (χ0v) is 15.3. The number of rotatable bonds is 8. The van der Waals surface area contributed by atoms with Crippen LogP contribution in [-0.2, 0) is 32.2 Å². The van der Waals surface area contributed by atoms with Gasteiger partial charge in [0.25, 0.3) is 0 Å². The van der Waals surface area contributed by atoms with Gasteiger partial charge in [0.05, 0.1) is 19.8 Å². The minimum atomic E-state index is -1.04. The van der Waals surface area contributed by atoms with E-state index < -0.39 is 30.7 Å². The Morgan fingerprint density at radius 1 is 0.852 bits per heavy atom. The molecule has 1 fully saturated rings. The second-order valence-electron chi connectivity index (χ2n) is 6.47. The number of ether oxygens (including phenoxy) is 4. The van der Waals surface area contributed by atoms with E-state index in [0.717, 1.165) is 11.1 Å². The molecule has 0 aromatic heterocycles. The second-order valence-corrected chi connectivity index (χ2v) is 6.47. The summed E-state index contributed by atoms with van der Waals surface area (Å²) in [7, 11) is 1.50. The Morgan fingerprint density at radius 2 is 1.37 bits per heavy atom. The van der Waals surface area contributed by atoms with Crippen molar-refractivity contribution in [3.8, 4) is 0 Å². The first kappa shape index (κ1) is 19.9. The Bertz CT molecular complexity index is 665. The molecule has 5 atom stereocenters. The maximum absolute atomic E-state index is 10.6. The molecule has 0 radical (unpaired) electrons. The SMILES string of the molecule is CO[C@H]1O[C@@H](CO)[C@@H](O)[C@@H](OCc2ccccc2)[C@H]1OCc1ccccc1. The molecule has 0 bridgehead atoms. The van der Waals surface area contributed by atoms with Crippen molar-refractivity contribution >= 4 is 0 Å². The van der Waals surface area contributed by atoms with E-state index in [9.17, 15) is 10.2 Å². The van der Waals surface area contributed by atoms with E-state index in [-0.39, 0.29) is 6.61 Å². The molecule has 0 saturated carbocycles. The fourth-order valence-electron chi connectivity index (χ4n) is 3.13. The van der Waals surface area contributed by atoms with Crippen LogP contribution in [0.25, 0.3) is 0 Å². The van der Waals surface area contributed by atoms with Gasteiger partial charge in [0.15, 0.2) is 6.29 Å². The summed E-state index contributed by atoms with van der Waals surface area (Å²) in [6.45, 7) is 0.302. The third kappa shape index (κ3) is 5.13. The molecule has 1 aliphatic heterocycles. The number of hydrogen-bond acceptors (Lipinski definition) is 6. The highest BCUT2D eigenvalue weighted by atomic mass is 16.7. The average molecular weight is 374 g/mol. The van der Waals surface area contributed by atoms with Gasteiger partial charge in [0.2, 0.25) is 0 Å². The lowest BCUT2D eigenvalue weighted by atomic mass is 9.98. The fourth-order valence-corrected chi connectivity index (χ4v) is 3.13. The van der Waals surface area contributed by atoms with Crippen LogP contribution in [0.4, 0.5) is 0 Å². The van der Waals surface area contributed by atoms with Crippen molar-refractivity contribution in [1.82, 2.24) is 0 Å². The monoisotopic (exact) mass is 374 g/mol. The van der Waals surface area contributed by atoms with Crippen molar-refractivity contribution in [3.05, 3.63) is 71.8 Å². The molecular weight excluding hydrogens is 348 g/mol. The summed E-state index contributed by atoms with van der Waals surface area (Å²) in [6.07, 6.45) is -3.94. The molecule has 0 amide bonds. The van der Waals surface area contributed by atoms with Gasteiger partial charge in [-0.25, -0.2) is 0 Å². The average Bonchev–Trinajstić information content (AvgIpc) is 2.73. The van der Waals surface area contributed by atoms with E-state index in [0.29, 0.717) is 13.2 Å². The number of aliphatic hydroxyl groups excluding tert-OH is 2. The third-order valence-corrected chi connectivity index (χ3v) is 4.60. The van der Waals surface area contributed by atoms with Gasteiger partial charge in [-0.1, -0.05) is 60.7 Å². The zero-order chi connectivity index (χ0) is 19.1. The predicted octanol–water partition coefficient (Wildman–Crippen LogP) is 1.88. The predicted molar refractivity (Wildman–Crippen MR) is 98.8 cm³/mol. The van der Waals surface area contributed by atoms with Gasteiger partial charge < -0.3 is 29.2 Å². The molecule has 2 N–H and O–H groups in total. The third-order valence-electron chi connectivity index (χ3n) is 4.60. The van der Waals surface area contributed by atoms with Gasteiger partial charge in [-0.15, -0.1) is 0 Å². The lowest BCUT2D eigenvalue weighted by Crippen LogP contribution is -2.60. The Morgan fingerprint density at radius 3 is 1.85 bits per heavy atom. The topological polar surface area (TPSA) is 77.4 Å². The molecule has 0 aliphatic carbocycles. The summed E-state index contributed by atoms with van der Waals surface area (Å²) in [6, 6.07) is 19.4. The maximum atomic E-state index is 10.6. The van der Waals surface area contributed by atoms with Crippen molar-refractivity contribution in [2.45, 2.75) is 43.9 Å². The normalized spacial score (nSPS) is 28.2. The number of hydrogen-bond donors (Lipinski definition) is 2. The number of benzene rings is 2. The van der Waals surface area contributed by atoms with E-state index in [1.165, 1.54) is 7.11 Å². The highest BCUT2D eigenvalue weighted by Crippen LogP contribution is 2.28. The van der Waals surface area contributed by atoms with Crippen molar-refractivity contribution in [2.75, 3.05) is 13.7 Å². The number of methoxy groups -OCH3 is 1. The summed E-state index contributed by atoms with van der Waals surface area (Å²) in [4.78, 5) is 0. The lowest BCUT2D eigenvalue weighted by Gasteiger charge is -2.43. The molecule has 1 heterocycles. The van der Waals surface area contributed by atoms with Gasteiger partial charge in [-0.05, 0) is 11.1 Å². The van der Waals surface area contributed by atoms with Crippen molar-refractivity contribution in [2.24, 2.45) is 0 Å². The summed E-state index contributed by atoms with van der Waals surface area (Å²) < 4.78 is 23.1. The summed E-state index contributed by atoms with van der Waals surface area (Å²) in [5, 5.41) is 20.2. The minimum Gasteiger partial charge on any atom is -0.394 e. The van der Waals surface area contributed by atoms with E-state index in [1.54, 1.807) is 0 Å². The molecule has 146 valence electrons. The van der Waals surface area contributed by atoms with Crippen molar-refractivity contribution in [3.63, 3.8) is 0 Å². The Kier molecular flexibility index (Phi) is 7.34. The molecule has 0 unspecified atom stereocenters. The van der Waals surface area contributed by atoms with E-state index in [2.05, 4.69) is 0 Å². The molecule has 1 aliphatic rings. The summed E-state index contributed by atoms with van der Waals surface area (Å²) in [5.74, 6) is 0. The highest BCUT2D eigenvalue weighted by molar-refractivity contribution is 5.14. The van der Waals surface area contributed by atoms with Gasteiger partial charge in [0.1, 0.15) is 24.4 Å². The van der Waals surface area contributed by atoms with Crippen LogP contribution >= 0.6 is 0 Å². The van der Waals surface area contributed by atoms with Crippen LogP contribution < -0.4 is 0 Å². The quantitative estimate of drug-likeness (QED) is 0.735. The van der Waals surface area contributed by atoms with Crippen molar-refractivity contribution in [1.29, 1.82) is 0 Å². The molecule has 6 heteroatoms. The molecule has 1 saturated heterocycles. The van der Waals surface area contributed by atoms with Crippen LogP contribution in [-0.4, -0.2) is 54.6 Å². The molecule has 0 spiro atoms. The van der Waals surface area contributed by atoms with Crippen molar-refractivity contribution < 1.29 is 29.2 Å². The second kappa shape index (κ2) is 9.94. The van der Waals surface area contributed by atoms with Crippen LogP contribution in [0.2, 0.25) is 0 Å². The van der Waals surface area contributed by atoms with E-state index in [1.807, 2.05) is 60.7 Å². The van der Waals surface area contributed by atoms with Gasteiger partial charge >= 0.3 is 0 Å². The number of aliphatic hydroxyl groups is 2. The molecule has 3 rings (SSSR count). The minimum absolute atomic E-state index is 0.308. The Labute approximate surface area is 159 Å². The molecule has 27 heavy (non-hydrogen) atoms. The van der Waals surface area contributed by atoms with E-state index in [4.69, 9.17) is 18.9 Å². The molecule has 6 nitrogen and oxygen atoms in total. The van der Waals surface area contributed by atoms with Gasteiger partial charge in [0, 0.05) is 7.11 Å². The van der Waals surface area contributed by atoms with Crippen LogP contribution in [0, 0.1) is 0 Å². The first-order valence-corrected chi connectivity index (χ1v) is 9.01. The zero-order valence-electron chi connectivity index (χ0n) is 15.3. The smallest absolute Gasteiger partial charge is 0.186 e. The maximum Gasteiger partial charge on any atom is 0.186 e. The van der Waals surface area contributed by atoms with Crippen LogP contribution in [0.1, 0.15) is 11.1 Å². The Balaban J connectivity index is 1.73. The van der Waals surface area contributed by atoms with E-state index >= 15 is 0 Å². The molecular formula is C21H26O6. The van der Waals surface area contributed by atoms with Gasteiger partial charge in [-0.2, -0.15) is 0 Å². The lowest BCUT2D eigenvalue weighted by molar-refractivity contribution is -0.314. The summed E-state index contributed by atoms with van der Waals surface area (Å²) >= 11 is 0. The Hall–Kier alpha value is -1.80. The van der Waals surface area contributed by atoms with Gasteiger partial charge in [-0.3, -0.25) is 0 Å². The molecule has 2 aromatic carbocycles. The van der Waals surface area contributed by atoms with Crippen LogP contribution in [0.15, 0.2) is 60.7 Å². The first-order chi connectivity index (χ1) is 13.2. The summed E-state index contributed by atoms with van der Waals surface area (Å²) in [5.41, 5.74) is 1.97. The molecule has 2 aromatic rings. The largest absolute Gasteiger partial charge is 0.394 e.